The molecule has 1 saturated heterocycles. The minimum absolute atomic E-state index is 0.0166. The minimum Gasteiger partial charge on any atom is -0.299 e. The summed E-state index contributed by atoms with van der Waals surface area (Å²) in [6.07, 6.45) is 1.01. The first kappa shape index (κ1) is 14.8. The third-order valence-electron chi connectivity index (χ3n) is 3.28. The Balaban J connectivity index is 1.99. The summed E-state index contributed by atoms with van der Waals surface area (Å²) < 4.78 is 22.7. The number of carbonyl (C=O) groups excluding carboxylic acids is 1. The van der Waals surface area contributed by atoms with Crippen molar-refractivity contribution in [3.63, 3.8) is 0 Å². The Kier molecular flexibility index (Phi) is 4.54. The summed E-state index contributed by atoms with van der Waals surface area (Å²) in [5.74, 6) is 0.239. The molecule has 6 heteroatoms. The van der Waals surface area contributed by atoms with E-state index in [2.05, 4.69) is 0 Å². The Bertz CT molecular complexity index is 576. The van der Waals surface area contributed by atoms with E-state index < -0.39 is 9.84 Å². The van der Waals surface area contributed by atoms with Gasteiger partial charge in [0, 0.05) is 22.9 Å². The summed E-state index contributed by atoms with van der Waals surface area (Å²) in [5.41, 5.74) is 0.622. The molecule has 0 aliphatic carbocycles. The summed E-state index contributed by atoms with van der Waals surface area (Å²) in [5, 5.41) is 0.944. The molecule has 0 amide bonds. The van der Waals surface area contributed by atoms with Gasteiger partial charge in [-0.1, -0.05) is 29.3 Å². The van der Waals surface area contributed by atoms with Gasteiger partial charge in [-0.3, -0.25) is 4.79 Å². The van der Waals surface area contributed by atoms with Crippen LogP contribution in [0.4, 0.5) is 0 Å². The Morgan fingerprint density at radius 2 is 1.89 bits per heavy atom. The first-order chi connectivity index (χ1) is 8.87. The summed E-state index contributed by atoms with van der Waals surface area (Å²) in [4.78, 5) is 12.0. The molecule has 0 aromatic heterocycles. The van der Waals surface area contributed by atoms with Crippen LogP contribution in [-0.2, 0) is 21.1 Å². The quantitative estimate of drug-likeness (QED) is 0.857. The van der Waals surface area contributed by atoms with Crippen LogP contribution in [0.5, 0.6) is 0 Å². The number of sulfone groups is 1. The van der Waals surface area contributed by atoms with E-state index in [1.165, 1.54) is 0 Å². The number of hydrogen-bond acceptors (Lipinski definition) is 3. The molecule has 1 unspecified atom stereocenters. The largest absolute Gasteiger partial charge is 0.299 e. The summed E-state index contributed by atoms with van der Waals surface area (Å²) in [6, 6.07) is 5.11. The normalized spacial score (nSPS) is 21.5. The molecule has 0 radical (unpaired) electrons. The van der Waals surface area contributed by atoms with Gasteiger partial charge in [-0.05, 0) is 30.0 Å². The Hall–Kier alpha value is -0.580. The van der Waals surface area contributed by atoms with Crippen molar-refractivity contribution in [3.05, 3.63) is 33.8 Å². The fourth-order valence-corrected chi connectivity index (χ4v) is 4.72. The molecule has 1 aromatic rings. The average molecular weight is 321 g/mol. The molecule has 0 spiro atoms. The minimum atomic E-state index is -2.93. The third-order valence-corrected chi connectivity index (χ3v) is 5.82. The summed E-state index contributed by atoms with van der Waals surface area (Å²) >= 11 is 12.0. The van der Waals surface area contributed by atoms with Crippen molar-refractivity contribution >= 4 is 38.8 Å². The van der Waals surface area contributed by atoms with Crippen molar-refractivity contribution < 1.29 is 13.2 Å². The van der Waals surface area contributed by atoms with Gasteiger partial charge < -0.3 is 0 Å². The molecule has 1 fully saturated rings. The fourth-order valence-electron chi connectivity index (χ4n) is 2.33. The molecule has 3 nitrogen and oxygen atoms in total. The van der Waals surface area contributed by atoms with E-state index >= 15 is 0 Å². The van der Waals surface area contributed by atoms with Crippen LogP contribution >= 0.6 is 23.2 Å². The van der Waals surface area contributed by atoms with Crippen LogP contribution in [0.3, 0.4) is 0 Å². The van der Waals surface area contributed by atoms with Crippen molar-refractivity contribution in [2.45, 2.75) is 19.3 Å². The van der Waals surface area contributed by atoms with Crippen molar-refractivity contribution in [2.24, 2.45) is 5.92 Å². The van der Waals surface area contributed by atoms with Gasteiger partial charge in [-0.2, -0.15) is 0 Å². The first-order valence-corrected chi connectivity index (χ1v) is 8.60. The van der Waals surface area contributed by atoms with Gasteiger partial charge in [0.1, 0.15) is 5.78 Å². The zero-order valence-corrected chi connectivity index (χ0v) is 12.6. The van der Waals surface area contributed by atoms with Crippen LogP contribution < -0.4 is 0 Å². The first-order valence-electron chi connectivity index (χ1n) is 6.02. The summed E-state index contributed by atoms with van der Waals surface area (Å²) in [6.45, 7) is 0. The molecular formula is C13H14Cl2O3S. The highest BCUT2D eigenvalue weighted by atomic mass is 35.5. The predicted molar refractivity (Wildman–Crippen MR) is 76.6 cm³/mol. The van der Waals surface area contributed by atoms with Crippen LogP contribution in [0.2, 0.25) is 10.0 Å². The van der Waals surface area contributed by atoms with Crippen LogP contribution in [-0.4, -0.2) is 25.7 Å². The maximum atomic E-state index is 12.0. The van der Waals surface area contributed by atoms with E-state index in [0.717, 1.165) is 0 Å². The second kappa shape index (κ2) is 5.81. The maximum absolute atomic E-state index is 12.0. The van der Waals surface area contributed by atoms with E-state index in [0.29, 0.717) is 22.0 Å². The molecule has 2 rings (SSSR count). The number of hydrogen-bond donors (Lipinski definition) is 0. The van der Waals surface area contributed by atoms with Gasteiger partial charge >= 0.3 is 0 Å². The fraction of sp³-hybridized carbons (Fsp3) is 0.462. The number of carbonyl (C=O) groups is 1. The molecule has 0 bridgehead atoms. The molecule has 0 N–H and O–H groups in total. The second-order valence-corrected chi connectivity index (χ2v) is 7.93. The SMILES string of the molecule is O=C(Cc1c(Cl)cccc1Cl)CC1CCS(=O)(=O)C1. The standard InChI is InChI=1S/C13H14Cl2O3S/c14-12-2-1-3-13(15)11(12)7-10(16)6-9-4-5-19(17,18)8-9/h1-3,9H,4-8H2. The lowest BCUT2D eigenvalue weighted by Crippen LogP contribution is -2.12. The lowest BCUT2D eigenvalue weighted by molar-refractivity contribution is -0.119. The lowest BCUT2D eigenvalue weighted by Gasteiger charge is -2.09. The van der Waals surface area contributed by atoms with Crippen LogP contribution in [0, 0.1) is 5.92 Å². The molecule has 1 aromatic carbocycles. The van der Waals surface area contributed by atoms with E-state index in [1.54, 1.807) is 18.2 Å². The van der Waals surface area contributed by atoms with Gasteiger partial charge in [0.2, 0.25) is 0 Å². The number of benzene rings is 1. The van der Waals surface area contributed by atoms with Gasteiger partial charge in [0.05, 0.1) is 11.5 Å². The number of Topliss-reactive ketones (excluding diaryl/α,β-unsaturated/α-hetero) is 1. The van der Waals surface area contributed by atoms with Gasteiger partial charge in [-0.15, -0.1) is 0 Å². The highest BCUT2D eigenvalue weighted by molar-refractivity contribution is 7.91. The molecule has 0 saturated carbocycles. The Morgan fingerprint density at radius 1 is 1.26 bits per heavy atom. The molecule has 104 valence electrons. The van der Waals surface area contributed by atoms with Crippen LogP contribution in [0.15, 0.2) is 18.2 Å². The number of rotatable bonds is 4. The maximum Gasteiger partial charge on any atom is 0.150 e. The zero-order chi connectivity index (χ0) is 14.0. The van der Waals surface area contributed by atoms with Gasteiger partial charge in [0.25, 0.3) is 0 Å². The van der Waals surface area contributed by atoms with Crippen molar-refractivity contribution in [3.8, 4) is 0 Å². The lowest BCUT2D eigenvalue weighted by atomic mass is 9.98. The molecule has 1 aliphatic rings. The van der Waals surface area contributed by atoms with Crippen LogP contribution in [0.25, 0.3) is 0 Å². The number of halogens is 2. The van der Waals surface area contributed by atoms with E-state index in [9.17, 15) is 13.2 Å². The third kappa shape index (κ3) is 3.94. The highest BCUT2D eigenvalue weighted by Crippen LogP contribution is 2.27. The van der Waals surface area contributed by atoms with Crippen molar-refractivity contribution in [1.29, 1.82) is 0 Å². The Morgan fingerprint density at radius 3 is 2.42 bits per heavy atom. The van der Waals surface area contributed by atoms with E-state index in [-0.39, 0.29) is 36.0 Å². The highest BCUT2D eigenvalue weighted by Gasteiger charge is 2.29. The molecular weight excluding hydrogens is 307 g/mol. The van der Waals surface area contributed by atoms with E-state index in [4.69, 9.17) is 23.2 Å². The second-order valence-electron chi connectivity index (χ2n) is 4.89. The summed E-state index contributed by atoms with van der Waals surface area (Å²) in [7, 11) is -2.93. The predicted octanol–water partition coefficient (Wildman–Crippen LogP) is 2.93. The number of ketones is 1. The van der Waals surface area contributed by atoms with Crippen LogP contribution in [0.1, 0.15) is 18.4 Å². The van der Waals surface area contributed by atoms with Gasteiger partial charge in [0.15, 0.2) is 9.84 Å². The van der Waals surface area contributed by atoms with E-state index in [1.807, 2.05) is 0 Å². The monoisotopic (exact) mass is 320 g/mol. The Labute approximate surface area is 122 Å². The average Bonchev–Trinajstić information content (AvgIpc) is 2.63. The molecule has 1 aliphatic heterocycles. The molecule has 19 heavy (non-hydrogen) atoms. The molecule has 1 heterocycles. The van der Waals surface area contributed by atoms with Crippen molar-refractivity contribution in [1.82, 2.24) is 0 Å². The smallest absolute Gasteiger partial charge is 0.150 e. The van der Waals surface area contributed by atoms with Crippen molar-refractivity contribution in [2.75, 3.05) is 11.5 Å². The zero-order valence-electron chi connectivity index (χ0n) is 10.2. The topological polar surface area (TPSA) is 51.2 Å². The van der Waals surface area contributed by atoms with Gasteiger partial charge in [-0.25, -0.2) is 8.42 Å². The molecule has 1 atom stereocenters.